The summed E-state index contributed by atoms with van der Waals surface area (Å²) in [5, 5.41) is 3.31. The standard InChI is InChI=1S/C22H33NO4/c1-15(2)22(24)23-19-14-21(27-20-10-5-4-9-18(19)20)16-7-6-8-17(13-16)26-12-11-25-3/h6-8,13,15,18-21H,4-5,9-12,14H2,1-3H3,(H,23,24)/t18-,19+,20+,21+/m0/s1. The van der Waals surface area contributed by atoms with Gasteiger partial charge in [-0.1, -0.05) is 38.8 Å². The Hall–Kier alpha value is -1.59. The van der Waals surface area contributed by atoms with Crippen molar-refractivity contribution in [3.05, 3.63) is 29.8 Å². The van der Waals surface area contributed by atoms with E-state index in [2.05, 4.69) is 17.4 Å². The fraction of sp³-hybridized carbons (Fsp3) is 0.682. The number of carbonyl (C=O) groups is 1. The molecule has 1 saturated carbocycles. The van der Waals surface area contributed by atoms with Crippen LogP contribution < -0.4 is 10.1 Å². The SMILES string of the molecule is COCCOc1cccc([C@H]2C[C@@H](NC(=O)C(C)C)[C@@H]3CCCC[C@H]3O2)c1. The van der Waals surface area contributed by atoms with Gasteiger partial charge in [-0.25, -0.2) is 0 Å². The third-order valence-electron chi connectivity index (χ3n) is 5.72. The summed E-state index contributed by atoms with van der Waals surface area (Å²) in [5.74, 6) is 1.41. The second kappa shape index (κ2) is 9.56. The second-order valence-corrected chi connectivity index (χ2v) is 8.03. The van der Waals surface area contributed by atoms with E-state index < -0.39 is 0 Å². The lowest BCUT2D eigenvalue weighted by atomic mass is 9.76. The van der Waals surface area contributed by atoms with Crippen LogP contribution in [0.5, 0.6) is 5.75 Å². The van der Waals surface area contributed by atoms with Crippen LogP contribution in [0.25, 0.3) is 0 Å². The largest absolute Gasteiger partial charge is 0.491 e. The molecule has 0 radical (unpaired) electrons. The molecule has 0 spiro atoms. The molecule has 1 aliphatic carbocycles. The van der Waals surface area contributed by atoms with Crippen LogP contribution in [0, 0.1) is 11.8 Å². The third-order valence-corrected chi connectivity index (χ3v) is 5.72. The summed E-state index contributed by atoms with van der Waals surface area (Å²) in [6.45, 7) is 5.00. The highest BCUT2D eigenvalue weighted by atomic mass is 16.5. The van der Waals surface area contributed by atoms with Gasteiger partial charge in [0.2, 0.25) is 5.91 Å². The number of carbonyl (C=O) groups excluding carboxylic acids is 1. The van der Waals surface area contributed by atoms with E-state index in [1.807, 2.05) is 26.0 Å². The molecular weight excluding hydrogens is 342 g/mol. The highest BCUT2D eigenvalue weighted by Crippen LogP contribution is 2.42. The maximum atomic E-state index is 12.3. The summed E-state index contributed by atoms with van der Waals surface area (Å²) in [5.41, 5.74) is 1.12. The van der Waals surface area contributed by atoms with E-state index in [-0.39, 0.29) is 30.1 Å². The van der Waals surface area contributed by atoms with E-state index in [4.69, 9.17) is 14.2 Å². The molecule has 27 heavy (non-hydrogen) atoms. The molecule has 1 N–H and O–H groups in total. The van der Waals surface area contributed by atoms with Crippen molar-refractivity contribution in [2.45, 2.75) is 64.2 Å². The van der Waals surface area contributed by atoms with Gasteiger partial charge in [-0.15, -0.1) is 0 Å². The minimum Gasteiger partial charge on any atom is -0.491 e. The van der Waals surface area contributed by atoms with Gasteiger partial charge in [-0.2, -0.15) is 0 Å². The molecule has 2 aliphatic rings. The van der Waals surface area contributed by atoms with E-state index in [9.17, 15) is 4.79 Å². The summed E-state index contributed by atoms with van der Waals surface area (Å²) in [6.07, 6.45) is 5.70. The molecule has 5 heteroatoms. The van der Waals surface area contributed by atoms with Crippen molar-refractivity contribution >= 4 is 5.91 Å². The van der Waals surface area contributed by atoms with Gasteiger partial charge in [-0.05, 0) is 37.0 Å². The molecule has 0 aromatic heterocycles. The van der Waals surface area contributed by atoms with E-state index in [1.54, 1.807) is 7.11 Å². The van der Waals surface area contributed by atoms with Gasteiger partial charge in [0.05, 0.1) is 18.8 Å². The Labute approximate surface area is 162 Å². The molecule has 4 atom stereocenters. The highest BCUT2D eigenvalue weighted by molar-refractivity contribution is 5.78. The molecule has 2 fully saturated rings. The fourth-order valence-corrected chi connectivity index (χ4v) is 4.20. The van der Waals surface area contributed by atoms with Gasteiger partial charge < -0.3 is 19.5 Å². The predicted octanol–water partition coefficient (Wildman–Crippen LogP) is 3.87. The quantitative estimate of drug-likeness (QED) is 0.735. The highest BCUT2D eigenvalue weighted by Gasteiger charge is 2.41. The average Bonchev–Trinajstić information content (AvgIpc) is 2.68. The zero-order valence-corrected chi connectivity index (χ0v) is 16.8. The minimum atomic E-state index is -0.00668. The third kappa shape index (κ3) is 5.23. The van der Waals surface area contributed by atoms with Gasteiger partial charge in [0.15, 0.2) is 0 Å². The molecule has 1 heterocycles. The molecule has 1 aromatic carbocycles. The molecule has 1 saturated heterocycles. The number of ether oxygens (including phenoxy) is 3. The van der Waals surface area contributed by atoms with Crippen LogP contribution in [-0.4, -0.2) is 38.4 Å². The van der Waals surface area contributed by atoms with Crippen LogP contribution in [0.4, 0.5) is 0 Å². The molecule has 0 bridgehead atoms. The monoisotopic (exact) mass is 375 g/mol. The first kappa shape index (κ1) is 20.2. The number of rotatable bonds is 7. The maximum Gasteiger partial charge on any atom is 0.222 e. The van der Waals surface area contributed by atoms with E-state index >= 15 is 0 Å². The average molecular weight is 376 g/mol. The number of hydrogen-bond donors (Lipinski definition) is 1. The number of methoxy groups -OCH3 is 1. The van der Waals surface area contributed by atoms with E-state index in [0.717, 1.165) is 30.6 Å². The summed E-state index contributed by atoms with van der Waals surface area (Å²) in [7, 11) is 1.67. The maximum absolute atomic E-state index is 12.3. The first-order chi connectivity index (χ1) is 13.1. The first-order valence-electron chi connectivity index (χ1n) is 10.3. The van der Waals surface area contributed by atoms with Crippen molar-refractivity contribution in [1.82, 2.24) is 5.32 Å². The van der Waals surface area contributed by atoms with Crippen molar-refractivity contribution < 1.29 is 19.0 Å². The van der Waals surface area contributed by atoms with Crippen LogP contribution in [0.1, 0.15) is 57.6 Å². The first-order valence-corrected chi connectivity index (χ1v) is 10.3. The molecule has 1 aliphatic heterocycles. The molecule has 150 valence electrons. The van der Waals surface area contributed by atoms with Crippen molar-refractivity contribution in [2.24, 2.45) is 11.8 Å². The van der Waals surface area contributed by atoms with Crippen LogP contribution in [0.3, 0.4) is 0 Å². The number of benzene rings is 1. The van der Waals surface area contributed by atoms with Crippen LogP contribution in [0.2, 0.25) is 0 Å². The summed E-state index contributed by atoms with van der Waals surface area (Å²) < 4.78 is 17.3. The van der Waals surface area contributed by atoms with Gasteiger partial charge in [0, 0.05) is 25.0 Å². The normalized spacial score (nSPS) is 27.9. The van der Waals surface area contributed by atoms with Crippen molar-refractivity contribution in [3.63, 3.8) is 0 Å². The van der Waals surface area contributed by atoms with Crippen molar-refractivity contribution in [3.8, 4) is 5.75 Å². The van der Waals surface area contributed by atoms with Gasteiger partial charge in [0.1, 0.15) is 12.4 Å². The van der Waals surface area contributed by atoms with Crippen molar-refractivity contribution in [2.75, 3.05) is 20.3 Å². The summed E-state index contributed by atoms with van der Waals surface area (Å²) in [6, 6.07) is 8.31. The van der Waals surface area contributed by atoms with Crippen LogP contribution in [-0.2, 0) is 14.3 Å². The molecule has 0 unspecified atom stereocenters. The molecule has 3 rings (SSSR count). The van der Waals surface area contributed by atoms with Gasteiger partial charge in [-0.3, -0.25) is 4.79 Å². The zero-order chi connectivity index (χ0) is 19.2. The number of nitrogens with one attached hydrogen (secondary N) is 1. The topological polar surface area (TPSA) is 56.8 Å². The Morgan fingerprint density at radius 3 is 2.85 bits per heavy atom. The molecule has 1 aromatic rings. The number of fused-ring (bicyclic) bond motifs is 1. The smallest absolute Gasteiger partial charge is 0.222 e. The van der Waals surface area contributed by atoms with Crippen LogP contribution >= 0.6 is 0 Å². The summed E-state index contributed by atoms with van der Waals surface area (Å²) in [4.78, 5) is 12.3. The minimum absolute atomic E-state index is 0.00541. The van der Waals surface area contributed by atoms with E-state index in [0.29, 0.717) is 19.1 Å². The fourth-order valence-electron chi connectivity index (χ4n) is 4.20. The van der Waals surface area contributed by atoms with Gasteiger partial charge >= 0.3 is 0 Å². The number of hydrogen-bond acceptors (Lipinski definition) is 4. The zero-order valence-electron chi connectivity index (χ0n) is 16.8. The lowest BCUT2D eigenvalue weighted by Gasteiger charge is -2.45. The molecular formula is C22H33NO4. The van der Waals surface area contributed by atoms with Gasteiger partial charge in [0.25, 0.3) is 0 Å². The molecule has 1 amide bonds. The number of amides is 1. The second-order valence-electron chi connectivity index (χ2n) is 8.03. The lowest BCUT2D eigenvalue weighted by molar-refractivity contribution is -0.135. The Balaban J connectivity index is 1.73. The Morgan fingerprint density at radius 1 is 1.26 bits per heavy atom. The molecule has 5 nitrogen and oxygen atoms in total. The van der Waals surface area contributed by atoms with Crippen molar-refractivity contribution in [1.29, 1.82) is 0 Å². The van der Waals surface area contributed by atoms with E-state index in [1.165, 1.54) is 12.8 Å². The van der Waals surface area contributed by atoms with Crippen LogP contribution in [0.15, 0.2) is 24.3 Å². The predicted molar refractivity (Wildman–Crippen MR) is 105 cm³/mol. The Kier molecular flexibility index (Phi) is 7.13. The Morgan fingerprint density at radius 2 is 2.07 bits per heavy atom. The Bertz CT molecular complexity index is 618. The lowest BCUT2D eigenvalue weighted by Crippen LogP contribution is -2.52. The summed E-state index contributed by atoms with van der Waals surface area (Å²) >= 11 is 0.